The van der Waals surface area contributed by atoms with Crippen molar-refractivity contribution in [2.75, 3.05) is 7.11 Å². The lowest BCUT2D eigenvalue weighted by Gasteiger charge is -2.07. The molecule has 0 atom stereocenters. The maximum absolute atomic E-state index is 5.59. The Morgan fingerprint density at radius 3 is 2.88 bits per heavy atom. The second kappa shape index (κ2) is 5.63. The third-order valence-electron chi connectivity index (χ3n) is 2.09. The lowest BCUT2D eigenvalue weighted by Crippen LogP contribution is -2.00. The van der Waals surface area contributed by atoms with E-state index in [1.165, 1.54) is 0 Å². The molecule has 0 amide bonds. The monoisotopic (exact) mass is 294 g/mol. The van der Waals surface area contributed by atoms with Crippen molar-refractivity contribution >= 4 is 15.9 Å². The number of nitrogens with zero attached hydrogens (tertiary/aromatic N) is 2. The molecule has 0 aliphatic rings. The molecule has 0 spiro atoms. The Hall–Kier alpha value is -1.62. The quantitative estimate of drug-likeness (QED) is 0.814. The Labute approximate surface area is 108 Å². The molecule has 0 radical (unpaired) electrons. The van der Waals surface area contributed by atoms with Gasteiger partial charge in [0, 0.05) is 12.3 Å². The van der Waals surface area contributed by atoms with Crippen LogP contribution in [0.5, 0.6) is 11.6 Å². The molecule has 2 heterocycles. The summed E-state index contributed by atoms with van der Waals surface area (Å²) in [6.07, 6.45) is 1.70. The van der Waals surface area contributed by atoms with Crippen LogP contribution in [0.25, 0.3) is 0 Å². The normalized spacial score (nSPS) is 10.0. The smallest absolute Gasteiger partial charge is 0.213 e. The van der Waals surface area contributed by atoms with E-state index in [1.54, 1.807) is 19.4 Å². The molecule has 0 aliphatic carbocycles. The Morgan fingerprint density at radius 1 is 1.24 bits per heavy atom. The van der Waals surface area contributed by atoms with Gasteiger partial charge < -0.3 is 9.47 Å². The minimum atomic E-state index is 0.376. The van der Waals surface area contributed by atoms with Crippen LogP contribution < -0.4 is 9.47 Å². The zero-order valence-corrected chi connectivity index (χ0v) is 10.8. The fraction of sp³-hybridized carbons (Fsp3) is 0.167. The largest absolute Gasteiger partial charge is 0.484 e. The van der Waals surface area contributed by atoms with E-state index in [9.17, 15) is 0 Å². The lowest BCUT2D eigenvalue weighted by molar-refractivity contribution is 0.295. The first-order valence-electron chi connectivity index (χ1n) is 5.03. The van der Waals surface area contributed by atoms with Crippen LogP contribution in [-0.4, -0.2) is 17.1 Å². The highest BCUT2D eigenvalue weighted by Gasteiger charge is 2.02. The Bertz CT molecular complexity index is 505. The van der Waals surface area contributed by atoms with E-state index >= 15 is 0 Å². The second-order valence-corrected chi connectivity index (χ2v) is 4.00. The number of hydrogen-bond donors (Lipinski definition) is 0. The van der Waals surface area contributed by atoms with Crippen LogP contribution in [0.3, 0.4) is 0 Å². The minimum Gasteiger partial charge on any atom is -0.484 e. The van der Waals surface area contributed by atoms with Gasteiger partial charge in [-0.3, -0.25) is 0 Å². The fourth-order valence-electron chi connectivity index (χ4n) is 1.28. The highest BCUT2D eigenvalue weighted by atomic mass is 79.9. The molecule has 0 unspecified atom stereocenters. The SMILES string of the molecule is COc1cccc(COc2cccnc2Br)n1. The summed E-state index contributed by atoms with van der Waals surface area (Å²) in [5, 5.41) is 0. The van der Waals surface area contributed by atoms with Crippen molar-refractivity contribution < 1.29 is 9.47 Å². The maximum Gasteiger partial charge on any atom is 0.213 e. The van der Waals surface area contributed by atoms with Crippen LogP contribution in [0, 0.1) is 0 Å². The van der Waals surface area contributed by atoms with Crippen molar-refractivity contribution in [3.63, 3.8) is 0 Å². The molecule has 0 bridgehead atoms. The number of pyridine rings is 2. The van der Waals surface area contributed by atoms with Crippen molar-refractivity contribution in [3.05, 3.63) is 46.8 Å². The molecular weight excluding hydrogens is 284 g/mol. The van der Waals surface area contributed by atoms with Crippen molar-refractivity contribution in [1.82, 2.24) is 9.97 Å². The number of rotatable bonds is 4. The number of aromatic nitrogens is 2. The first-order valence-corrected chi connectivity index (χ1v) is 5.82. The average Bonchev–Trinajstić information content (AvgIpc) is 2.38. The van der Waals surface area contributed by atoms with E-state index in [0.717, 1.165) is 5.69 Å². The summed E-state index contributed by atoms with van der Waals surface area (Å²) in [5.41, 5.74) is 0.806. The van der Waals surface area contributed by atoms with Gasteiger partial charge in [-0.1, -0.05) is 6.07 Å². The van der Waals surface area contributed by atoms with E-state index in [4.69, 9.17) is 9.47 Å². The van der Waals surface area contributed by atoms with Gasteiger partial charge in [0.25, 0.3) is 0 Å². The molecule has 2 aromatic heterocycles. The van der Waals surface area contributed by atoms with Gasteiger partial charge in [0.15, 0.2) is 5.75 Å². The highest BCUT2D eigenvalue weighted by Crippen LogP contribution is 2.22. The number of halogens is 1. The molecule has 88 valence electrons. The number of ether oxygens (including phenoxy) is 2. The summed E-state index contributed by atoms with van der Waals surface area (Å²) < 4.78 is 11.3. The van der Waals surface area contributed by atoms with Gasteiger partial charge in [-0.15, -0.1) is 0 Å². The van der Waals surface area contributed by atoms with E-state index in [2.05, 4.69) is 25.9 Å². The Kier molecular flexibility index (Phi) is 3.93. The summed E-state index contributed by atoms with van der Waals surface area (Å²) in [5.74, 6) is 1.27. The molecular formula is C12H11BrN2O2. The van der Waals surface area contributed by atoms with Gasteiger partial charge >= 0.3 is 0 Å². The van der Waals surface area contributed by atoms with E-state index in [0.29, 0.717) is 22.8 Å². The van der Waals surface area contributed by atoms with Gasteiger partial charge in [0.2, 0.25) is 5.88 Å². The first-order chi connectivity index (χ1) is 8.29. The molecule has 0 fully saturated rings. The summed E-state index contributed by atoms with van der Waals surface area (Å²) in [7, 11) is 1.59. The molecule has 17 heavy (non-hydrogen) atoms. The lowest BCUT2D eigenvalue weighted by atomic mass is 10.3. The van der Waals surface area contributed by atoms with Crippen LogP contribution >= 0.6 is 15.9 Å². The summed E-state index contributed by atoms with van der Waals surface area (Å²) in [4.78, 5) is 8.32. The molecule has 0 N–H and O–H groups in total. The van der Waals surface area contributed by atoms with Crippen LogP contribution in [0.4, 0.5) is 0 Å². The third kappa shape index (κ3) is 3.17. The average molecular weight is 295 g/mol. The summed E-state index contributed by atoms with van der Waals surface area (Å²) >= 11 is 3.32. The second-order valence-electron chi connectivity index (χ2n) is 3.25. The van der Waals surface area contributed by atoms with Gasteiger partial charge in [-0.25, -0.2) is 9.97 Å². The first kappa shape index (κ1) is 11.9. The summed E-state index contributed by atoms with van der Waals surface area (Å²) in [6.45, 7) is 0.376. The zero-order chi connectivity index (χ0) is 12.1. The topological polar surface area (TPSA) is 44.2 Å². The van der Waals surface area contributed by atoms with Gasteiger partial charge in [0.05, 0.1) is 12.8 Å². The predicted octanol–water partition coefficient (Wildman–Crippen LogP) is 2.83. The van der Waals surface area contributed by atoms with Crippen molar-refractivity contribution in [3.8, 4) is 11.6 Å². The van der Waals surface area contributed by atoms with E-state index < -0.39 is 0 Å². The molecule has 4 nitrogen and oxygen atoms in total. The standard InChI is InChI=1S/C12H11BrN2O2/c1-16-11-6-2-4-9(15-11)8-17-10-5-3-7-14-12(10)13/h2-7H,8H2,1H3. The van der Waals surface area contributed by atoms with Crippen molar-refractivity contribution in [2.45, 2.75) is 6.61 Å². The van der Waals surface area contributed by atoms with Crippen LogP contribution in [-0.2, 0) is 6.61 Å². The zero-order valence-electron chi connectivity index (χ0n) is 9.26. The van der Waals surface area contributed by atoms with Crippen molar-refractivity contribution in [2.24, 2.45) is 0 Å². The van der Waals surface area contributed by atoms with Crippen LogP contribution in [0.15, 0.2) is 41.1 Å². The molecule has 0 saturated carbocycles. The van der Waals surface area contributed by atoms with Crippen molar-refractivity contribution in [1.29, 1.82) is 0 Å². The molecule has 2 rings (SSSR count). The maximum atomic E-state index is 5.59. The van der Waals surface area contributed by atoms with E-state index in [1.807, 2.05) is 24.3 Å². The molecule has 0 aromatic carbocycles. The van der Waals surface area contributed by atoms with E-state index in [-0.39, 0.29) is 0 Å². The molecule has 5 heteroatoms. The molecule has 0 saturated heterocycles. The Morgan fingerprint density at radius 2 is 2.12 bits per heavy atom. The van der Waals surface area contributed by atoms with Gasteiger partial charge in [0.1, 0.15) is 11.2 Å². The fourth-order valence-corrected chi connectivity index (χ4v) is 1.65. The predicted molar refractivity (Wildman–Crippen MR) is 67.1 cm³/mol. The Balaban J connectivity index is 2.05. The third-order valence-corrected chi connectivity index (χ3v) is 2.69. The molecule has 0 aliphatic heterocycles. The summed E-state index contributed by atoms with van der Waals surface area (Å²) in [6, 6.07) is 9.22. The minimum absolute atomic E-state index is 0.376. The number of methoxy groups -OCH3 is 1. The van der Waals surface area contributed by atoms with Crippen LogP contribution in [0.1, 0.15) is 5.69 Å². The van der Waals surface area contributed by atoms with Gasteiger partial charge in [-0.2, -0.15) is 0 Å². The highest BCUT2D eigenvalue weighted by molar-refractivity contribution is 9.10. The molecule has 2 aromatic rings. The number of hydrogen-bond acceptors (Lipinski definition) is 4. The van der Waals surface area contributed by atoms with Crippen LogP contribution in [0.2, 0.25) is 0 Å². The van der Waals surface area contributed by atoms with Gasteiger partial charge in [-0.05, 0) is 34.1 Å².